The van der Waals surface area contributed by atoms with Gasteiger partial charge < -0.3 is 10.0 Å². The Kier molecular flexibility index (Phi) is 3.92. The molecule has 114 valence electrons. The average Bonchev–Trinajstić information content (AvgIpc) is 2.74. The molecule has 2 fully saturated rings. The molecule has 1 atom stereocenters. The molecule has 0 saturated carbocycles. The maximum atomic E-state index is 13.3. The number of anilines is 1. The molecule has 0 amide bonds. The molecule has 21 heavy (non-hydrogen) atoms. The van der Waals surface area contributed by atoms with E-state index in [9.17, 15) is 13.9 Å². The molecule has 1 unspecified atom stereocenters. The number of nitrogens with zero attached hydrogens (tertiary/aromatic N) is 2. The SMILES string of the molecule is C1CN2CCC12.NC1(O)C=CN(c2c(F)cccc2F)S1. The van der Waals surface area contributed by atoms with Crippen LogP contribution >= 0.6 is 11.9 Å². The molecule has 4 rings (SSSR count). The van der Waals surface area contributed by atoms with Gasteiger partial charge in [-0.25, -0.2) is 8.78 Å². The van der Waals surface area contributed by atoms with Crippen molar-refractivity contribution in [1.29, 1.82) is 0 Å². The van der Waals surface area contributed by atoms with Crippen LogP contribution in [0.3, 0.4) is 0 Å². The molecule has 1 aromatic carbocycles. The van der Waals surface area contributed by atoms with Gasteiger partial charge in [0.15, 0.2) is 11.6 Å². The van der Waals surface area contributed by atoms with Crippen molar-refractivity contribution in [3.8, 4) is 0 Å². The van der Waals surface area contributed by atoms with Crippen molar-refractivity contribution in [2.45, 2.75) is 23.9 Å². The summed E-state index contributed by atoms with van der Waals surface area (Å²) < 4.78 is 27.8. The van der Waals surface area contributed by atoms with Crippen LogP contribution in [0.25, 0.3) is 0 Å². The molecule has 4 nitrogen and oxygen atoms in total. The third kappa shape index (κ3) is 3.06. The number of rotatable bonds is 1. The summed E-state index contributed by atoms with van der Waals surface area (Å²) in [6.07, 6.45) is 5.55. The first kappa shape index (κ1) is 14.8. The fourth-order valence-electron chi connectivity index (χ4n) is 2.46. The predicted octanol–water partition coefficient (Wildman–Crippen LogP) is 2.02. The topological polar surface area (TPSA) is 52.7 Å². The lowest BCUT2D eigenvalue weighted by Gasteiger charge is -2.50. The fourth-order valence-corrected chi connectivity index (χ4v) is 3.28. The Morgan fingerprint density at radius 2 is 1.81 bits per heavy atom. The quantitative estimate of drug-likeness (QED) is 0.614. The number of piperidine rings is 1. The summed E-state index contributed by atoms with van der Waals surface area (Å²) in [4.78, 5) is 2.53. The highest BCUT2D eigenvalue weighted by molar-refractivity contribution is 8.02. The van der Waals surface area contributed by atoms with Gasteiger partial charge in [-0.05, 0) is 44.1 Å². The molecule has 3 aliphatic heterocycles. The Morgan fingerprint density at radius 3 is 2.14 bits per heavy atom. The van der Waals surface area contributed by atoms with Crippen molar-refractivity contribution in [2.75, 3.05) is 17.4 Å². The van der Waals surface area contributed by atoms with E-state index in [0.717, 1.165) is 34.4 Å². The largest absolute Gasteiger partial charge is 0.362 e. The van der Waals surface area contributed by atoms with E-state index in [2.05, 4.69) is 4.90 Å². The molecule has 0 aliphatic carbocycles. The van der Waals surface area contributed by atoms with Crippen LogP contribution in [0.4, 0.5) is 14.5 Å². The first-order chi connectivity index (χ1) is 9.96. The van der Waals surface area contributed by atoms with Crippen LogP contribution in [0.1, 0.15) is 12.8 Å². The summed E-state index contributed by atoms with van der Waals surface area (Å²) in [5.74, 6) is -1.41. The van der Waals surface area contributed by atoms with Gasteiger partial charge in [0.05, 0.1) is 0 Å². The van der Waals surface area contributed by atoms with Crippen LogP contribution in [0.15, 0.2) is 30.5 Å². The highest BCUT2D eigenvalue weighted by Crippen LogP contribution is 2.37. The van der Waals surface area contributed by atoms with E-state index >= 15 is 0 Å². The van der Waals surface area contributed by atoms with Crippen LogP contribution < -0.4 is 10.0 Å². The molecule has 3 heterocycles. The van der Waals surface area contributed by atoms with Crippen molar-refractivity contribution in [3.63, 3.8) is 0 Å². The summed E-state index contributed by atoms with van der Waals surface area (Å²) in [7, 11) is 0. The van der Waals surface area contributed by atoms with Crippen LogP contribution in [-0.4, -0.2) is 34.2 Å². The summed E-state index contributed by atoms with van der Waals surface area (Å²) in [5.41, 5.74) is 5.11. The number of nitrogens with two attached hydrogens (primary N) is 1. The van der Waals surface area contributed by atoms with Crippen LogP contribution in [0.5, 0.6) is 0 Å². The number of fused-ring (bicyclic) bond motifs is 1. The van der Waals surface area contributed by atoms with E-state index in [0.29, 0.717) is 0 Å². The predicted molar refractivity (Wildman–Crippen MR) is 79.3 cm³/mol. The van der Waals surface area contributed by atoms with E-state index < -0.39 is 16.7 Å². The van der Waals surface area contributed by atoms with Crippen molar-refractivity contribution < 1.29 is 13.9 Å². The second-order valence-corrected chi connectivity index (χ2v) is 6.55. The molecule has 0 bridgehead atoms. The monoisotopic (exact) mass is 313 g/mol. The Bertz CT molecular complexity index is 529. The zero-order chi connectivity index (χ0) is 15.0. The fraction of sp³-hybridized carbons (Fsp3) is 0.429. The first-order valence-electron chi connectivity index (χ1n) is 6.83. The Morgan fingerprint density at radius 1 is 1.24 bits per heavy atom. The Hall–Kier alpha value is -1.15. The number of aliphatic hydroxyl groups is 1. The van der Waals surface area contributed by atoms with Crippen molar-refractivity contribution in [2.24, 2.45) is 5.73 Å². The number of hydrogen-bond acceptors (Lipinski definition) is 5. The van der Waals surface area contributed by atoms with Gasteiger partial charge >= 0.3 is 0 Å². The smallest absolute Gasteiger partial charge is 0.203 e. The molecule has 7 heteroatoms. The minimum Gasteiger partial charge on any atom is -0.362 e. The van der Waals surface area contributed by atoms with Crippen molar-refractivity contribution in [1.82, 2.24) is 4.90 Å². The number of hydrogen-bond donors (Lipinski definition) is 2. The highest BCUT2D eigenvalue weighted by atomic mass is 32.2. The molecule has 0 radical (unpaired) electrons. The lowest BCUT2D eigenvalue weighted by molar-refractivity contribution is -0.00222. The number of halogens is 2. The second kappa shape index (κ2) is 5.57. The van der Waals surface area contributed by atoms with E-state index in [1.807, 2.05) is 0 Å². The van der Waals surface area contributed by atoms with E-state index in [-0.39, 0.29) is 5.69 Å². The van der Waals surface area contributed by atoms with Gasteiger partial charge in [0.1, 0.15) is 5.69 Å². The second-order valence-electron chi connectivity index (χ2n) is 5.32. The first-order valence-corrected chi connectivity index (χ1v) is 7.61. The van der Waals surface area contributed by atoms with Gasteiger partial charge in [0, 0.05) is 24.2 Å². The lowest BCUT2D eigenvalue weighted by Crippen LogP contribution is -2.57. The van der Waals surface area contributed by atoms with Crippen molar-refractivity contribution in [3.05, 3.63) is 42.1 Å². The zero-order valence-electron chi connectivity index (χ0n) is 11.4. The molecule has 1 aromatic rings. The maximum absolute atomic E-state index is 13.3. The average molecular weight is 313 g/mol. The Balaban J connectivity index is 0.000000180. The molecule has 3 aliphatic rings. The van der Waals surface area contributed by atoms with Gasteiger partial charge in [-0.2, -0.15) is 0 Å². The molecule has 0 spiro atoms. The third-order valence-corrected chi connectivity index (χ3v) is 4.80. The molecule has 3 N–H and O–H groups in total. The number of benzene rings is 1. The summed E-state index contributed by atoms with van der Waals surface area (Å²) in [5, 5.41) is 7.76. The van der Waals surface area contributed by atoms with Gasteiger partial charge in [-0.1, -0.05) is 6.07 Å². The minimum absolute atomic E-state index is 0.236. The van der Waals surface area contributed by atoms with Crippen molar-refractivity contribution >= 4 is 17.6 Å². The summed E-state index contributed by atoms with van der Waals surface area (Å²) in [6.45, 7) is 2.79. The van der Waals surface area contributed by atoms with Gasteiger partial charge in [0.25, 0.3) is 0 Å². The van der Waals surface area contributed by atoms with Crippen LogP contribution in [-0.2, 0) is 0 Å². The third-order valence-electron chi connectivity index (χ3n) is 3.87. The normalized spacial score (nSPS) is 27.5. The number of para-hydroxylation sites is 1. The zero-order valence-corrected chi connectivity index (χ0v) is 12.2. The standard InChI is InChI=1S/C9H8F2N2OS.C5H9N/c10-6-2-1-3-7(11)8(6)13-5-4-9(12,14)15-13;1-3-6-4-2-5(1)6/h1-5,14H,12H2;5H,1-4H2. The van der Waals surface area contributed by atoms with Gasteiger partial charge in [0.2, 0.25) is 5.06 Å². The lowest BCUT2D eigenvalue weighted by atomic mass is 9.91. The van der Waals surface area contributed by atoms with Gasteiger partial charge in [-0.15, -0.1) is 0 Å². The molecular weight excluding hydrogens is 296 g/mol. The van der Waals surface area contributed by atoms with Gasteiger partial charge in [-0.3, -0.25) is 10.0 Å². The van der Waals surface area contributed by atoms with Crippen LogP contribution in [0.2, 0.25) is 0 Å². The highest BCUT2D eigenvalue weighted by Gasteiger charge is 2.35. The molecular formula is C14H17F2N3OS. The minimum atomic E-state index is -1.62. The van der Waals surface area contributed by atoms with E-state index in [1.165, 1.54) is 44.3 Å². The molecule has 2 saturated heterocycles. The summed E-state index contributed by atoms with van der Waals surface area (Å²) >= 11 is 0.725. The van der Waals surface area contributed by atoms with E-state index in [4.69, 9.17) is 5.73 Å². The van der Waals surface area contributed by atoms with Crippen LogP contribution in [0, 0.1) is 11.6 Å². The summed E-state index contributed by atoms with van der Waals surface area (Å²) in [6, 6.07) is 4.60. The van der Waals surface area contributed by atoms with E-state index in [1.54, 1.807) is 0 Å². The Labute approximate surface area is 126 Å². The maximum Gasteiger partial charge on any atom is 0.203 e. The molecule has 0 aromatic heterocycles.